The lowest BCUT2D eigenvalue weighted by Gasteiger charge is -2.22. The van der Waals surface area contributed by atoms with Gasteiger partial charge in [-0.25, -0.2) is 4.79 Å². The Morgan fingerprint density at radius 2 is 2.00 bits per heavy atom. The topological polar surface area (TPSA) is 74.8 Å². The Hall–Kier alpha value is -2.24. The van der Waals surface area contributed by atoms with Gasteiger partial charge in [-0.15, -0.1) is 0 Å². The van der Waals surface area contributed by atoms with Crippen LogP contribution in [0, 0.1) is 5.92 Å². The standard InChI is InChI=1S/C20H30N4O2/c1-3-26-19(25)24-17(15-9-10-15)13-22-18(21-2)23-14-20(11-12-20)16-7-5-4-6-8-16/h4-8,15,17H,3,9-14H2,1-2H3,(H,24,25)(H2,21,22,23). The summed E-state index contributed by atoms with van der Waals surface area (Å²) in [5.41, 5.74) is 1.63. The Balaban J connectivity index is 1.48. The quantitative estimate of drug-likeness (QED) is 0.493. The van der Waals surface area contributed by atoms with Gasteiger partial charge in [0.05, 0.1) is 12.6 Å². The number of nitrogens with zero attached hydrogens (tertiary/aromatic N) is 1. The largest absolute Gasteiger partial charge is 0.450 e. The number of rotatable bonds is 8. The Bertz CT molecular complexity index is 624. The number of hydrogen-bond donors (Lipinski definition) is 3. The normalized spacial score (nSPS) is 19.4. The first-order chi connectivity index (χ1) is 12.7. The number of ether oxygens (including phenoxy) is 1. The van der Waals surface area contributed by atoms with Crippen LogP contribution in [-0.4, -0.2) is 44.8 Å². The number of guanidine groups is 1. The Kier molecular flexibility index (Phi) is 6.01. The second-order valence-corrected chi connectivity index (χ2v) is 7.26. The molecule has 2 aliphatic rings. The molecular weight excluding hydrogens is 328 g/mol. The number of amides is 1. The van der Waals surface area contributed by atoms with Gasteiger partial charge in [-0.2, -0.15) is 0 Å². The van der Waals surface area contributed by atoms with E-state index in [0.717, 1.165) is 25.3 Å². The fraction of sp³-hybridized carbons (Fsp3) is 0.600. The molecule has 0 radical (unpaired) electrons. The van der Waals surface area contributed by atoms with Crippen LogP contribution in [0.25, 0.3) is 0 Å². The van der Waals surface area contributed by atoms with Crippen molar-refractivity contribution >= 4 is 12.1 Å². The van der Waals surface area contributed by atoms with Gasteiger partial charge >= 0.3 is 6.09 Å². The lowest BCUT2D eigenvalue weighted by atomic mass is 9.96. The molecule has 1 aromatic carbocycles. The highest BCUT2D eigenvalue weighted by molar-refractivity contribution is 5.80. The minimum absolute atomic E-state index is 0.0802. The molecular formula is C20H30N4O2. The summed E-state index contributed by atoms with van der Waals surface area (Å²) in [6, 6.07) is 10.8. The number of carbonyl (C=O) groups excluding carboxylic acids is 1. The van der Waals surface area contributed by atoms with E-state index in [1.165, 1.54) is 18.4 Å². The van der Waals surface area contributed by atoms with Gasteiger partial charge in [-0.3, -0.25) is 4.99 Å². The summed E-state index contributed by atoms with van der Waals surface area (Å²) in [6.45, 7) is 3.73. The summed E-state index contributed by atoms with van der Waals surface area (Å²) < 4.78 is 5.01. The molecule has 0 aliphatic heterocycles. The molecule has 142 valence electrons. The third-order valence-corrected chi connectivity index (χ3v) is 5.32. The second kappa shape index (κ2) is 8.43. The summed E-state index contributed by atoms with van der Waals surface area (Å²) in [5, 5.41) is 9.78. The van der Waals surface area contributed by atoms with Gasteiger partial charge in [0.25, 0.3) is 0 Å². The number of hydrogen-bond acceptors (Lipinski definition) is 3. The van der Waals surface area contributed by atoms with Crippen molar-refractivity contribution < 1.29 is 9.53 Å². The van der Waals surface area contributed by atoms with Gasteiger partial charge in [0, 0.05) is 25.6 Å². The van der Waals surface area contributed by atoms with E-state index >= 15 is 0 Å². The van der Waals surface area contributed by atoms with Crippen LogP contribution in [0.1, 0.15) is 38.2 Å². The molecule has 2 fully saturated rings. The predicted molar refractivity (Wildman–Crippen MR) is 103 cm³/mol. The molecule has 26 heavy (non-hydrogen) atoms. The van der Waals surface area contributed by atoms with E-state index in [4.69, 9.17) is 4.74 Å². The maximum absolute atomic E-state index is 11.7. The molecule has 1 unspecified atom stereocenters. The van der Waals surface area contributed by atoms with Crippen LogP contribution in [0.2, 0.25) is 0 Å². The monoisotopic (exact) mass is 358 g/mol. The molecule has 3 N–H and O–H groups in total. The van der Waals surface area contributed by atoms with Crippen molar-refractivity contribution in [2.45, 2.75) is 44.1 Å². The van der Waals surface area contributed by atoms with E-state index in [1.807, 2.05) is 6.92 Å². The van der Waals surface area contributed by atoms with Crippen molar-refractivity contribution in [3.05, 3.63) is 35.9 Å². The minimum atomic E-state index is -0.338. The van der Waals surface area contributed by atoms with Crippen LogP contribution < -0.4 is 16.0 Å². The first kappa shape index (κ1) is 18.5. The average molecular weight is 358 g/mol. The highest BCUT2D eigenvalue weighted by Crippen LogP contribution is 2.47. The zero-order chi connectivity index (χ0) is 18.4. The molecule has 2 aliphatic carbocycles. The van der Waals surface area contributed by atoms with E-state index in [1.54, 1.807) is 7.05 Å². The van der Waals surface area contributed by atoms with E-state index in [-0.39, 0.29) is 17.6 Å². The van der Waals surface area contributed by atoms with Gasteiger partial charge in [0.2, 0.25) is 0 Å². The summed E-state index contributed by atoms with van der Waals surface area (Å²) in [4.78, 5) is 16.0. The van der Waals surface area contributed by atoms with Crippen LogP contribution in [-0.2, 0) is 10.2 Å². The van der Waals surface area contributed by atoms with Crippen molar-refractivity contribution in [2.75, 3.05) is 26.7 Å². The molecule has 6 heteroatoms. The molecule has 3 rings (SSSR count). The smallest absolute Gasteiger partial charge is 0.407 e. The van der Waals surface area contributed by atoms with Gasteiger partial charge in [-0.05, 0) is 44.1 Å². The zero-order valence-corrected chi connectivity index (χ0v) is 15.8. The molecule has 2 saturated carbocycles. The summed E-state index contributed by atoms with van der Waals surface area (Å²) in [5.74, 6) is 1.31. The van der Waals surface area contributed by atoms with Crippen LogP contribution in [0.3, 0.4) is 0 Å². The van der Waals surface area contributed by atoms with E-state index in [0.29, 0.717) is 19.1 Å². The Morgan fingerprint density at radius 3 is 2.58 bits per heavy atom. The highest BCUT2D eigenvalue weighted by atomic mass is 16.5. The van der Waals surface area contributed by atoms with Crippen molar-refractivity contribution in [1.29, 1.82) is 0 Å². The average Bonchev–Trinajstić information content (AvgIpc) is 3.56. The third kappa shape index (κ3) is 4.90. The number of alkyl carbamates (subject to hydrolysis) is 1. The van der Waals surface area contributed by atoms with Crippen molar-refractivity contribution in [3.63, 3.8) is 0 Å². The third-order valence-electron chi connectivity index (χ3n) is 5.32. The lowest BCUT2D eigenvalue weighted by Crippen LogP contribution is -2.49. The maximum Gasteiger partial charge on any atom is 0.407 e. The lowest BCUT2D eigenvalue weighted by molar-refractivity contribution is 0.146. The fourth-order valence-corrected chi connectivity index (χ4v) is 3.35. The summed E-state index contributed by atoms with van der Waals surface area (Å²) in [6.07, 6.45) is 4.38. The molecule has 6 nitrogen and oxygen atoms in total. The SMILES string of the molecule is CCOC(=O)NC(CNC(=NC)NCC1(c2ccccc2)CC1)C1CC1. The number of aliphatic imine (C=N–C) groups is 1. The highest BCUT2D eigenvalue weighted by Gasteiger charge is 2.44. The first-order valence-electron chi connectivity index (χ1n) is 9.60. The van der Waals surface area contributed by atoms with Gasteiger partial charge in [0.15, 0.2) is 5.96 Å². The van der Waals surface area contributed by atoms with Gasteiger partial charge in [-0.1, -0.05) is 30.3 Å². The van der Waals surface area contributed by atoms with Crippen molar-refractivity contribution in [1.82, 2.24) is 16.0 Å². The van der Waals surface area contributed by atoms with Crippen molar-refractivity contribution in [2.24, 2.45) is 10.9 Å². The molecule has 0 heterocycles. The predicted octanol–water partition coefficient (Wildman–Crippen LogP) is 2.41. The number of carbonyl (C=O) groups is 1. The number of nitrogens with one attached hydrogen (secondary N) is 3. The van der Waals surface area contributed by atoms with Crippen molar-refractivity contribution in [3.8, 4) is 0 Å². The molecule has 1 atom stereocenters. The second-order valence-electron chi connectivity index (χ2n) is 7.26. The van der Waals surface area contributed by atoms with Crippen LogP contribution in [0.5, 0.6) is 0 Å². The molecule has 0 saturated heterocycles. The van der Waals surface area contributed by atoms with E-state index in [2.05, 4.69) is 51.3 Å². The molecule has 0 aromatic heterocycles. The molecule has 1 amide bonds. The van der Waals surface area contributed by atoms with Crippen LogP contribution in [0.4, 0.5) is 4.79 Å². The minimum Gasteiger partial charge on any atom is -0.450 e. The molecule has 1 aromatic rings. The fourth-order valence-electron chi connectivity index (χ4n) is 3.35. The Morgan fingerprint density at radius 1 is 1.27 bits per heavy atom. The van der Waals surface area contributed by atoms with Crippen LogP contribution in [0.15, 0.2) is 35.3 Å². The maximum atomic E-state index is 11.7. The first-order valence-corrected chi connectivity index (χ1v) is 9.60. The molecule has 0 bridgehead atoms. The van der Waals surface area contributed by atoms with Gasteiger partial charge in [0.1, 0.15) is 0 Å². The summed E-state index contributed by atoms with van der Waals surface area (Å²) >= 11 is 0. The van der Waals surface area contributed by atoms with E-state index in [9.17, 15) is 4.79 Å². The number of benzene rings is 1. The zero-order valence-electron chi connectivity index (χ0n) is 15.8. The summed E-state index contributed by atoms with van der Waals surface area (Å²) in [7, 11) is 1.78. The molecule has 0 spiro atoms. The Labute approximate surface area is 155 Å². The van der Waals surface area contributed by atoms with Crippen LogP contribution >= 0.6 is 0 Å². The van der Waals surface area contributed by atoms with Gasteiger partial charge < -0.3 is 20.7 Å². The van der Waals surface area contributed by atoms with E-state index < -0.39 is 0 Å².